The number of aromatic nitrogens is 3. The van der Waals surface area contributed by atoms with Crippen LogP contribution in [0.2, 0.25) is 0 Å². The number of aromatic amines is 1. The number of amides is 1. The summed E-state index contributed by atoms with van der Waals surface area (Å²) in [6, 6.07) is 15.2. The summed E-state index contributed by atoms with van der Waals surface area (Å²) in [5.74, 6) is -0.473. The third kappa shape index (κ3) is 4.38. The highest BCUT2D eigenvalue weighted by Gasteiger charge is 2.18. The Balaban J connectivity index is 1.34. The Kier molecular flexibility index (Phi) is 5.77. The molecule has 3 N–H and O–H groups in total. The van der Waals surface area contributed by atoms with E-state index in [0.717, 1.165) is 48.5 Å². The standard InChI is InChI=1S/C25H27N7O2/c1-30-11-13-32(14-12-30)20-6-3-18(4-7-20)29-25(34)23-21(9-10-26-24(23)33)28-19-5-8-22-17(15-19)16-27-31(22)2/h3-10,15-16H,11-14H2,1-2H3,(H,29,34)(H2,26,28,33). The highest BCUT2D eigenvalue weighted by Crippen LogP contribution is 2.24. The molecule has 174 valence electrons. The van der Waals surface area contributed by atoms with Crippen LogP contribution in [0.4, 0.5) is 22.7 Å². The topological polar surface area (TPSA) is 98.3 Å². The summed E-state index contributed by atoms with van der Waals surface area (Å²) in [6.07, 6.45) is 3.30. The molecule has 4 aromatic rings. The van der Waals surface area contributed by atoms with E-state index in [0.29, 0.717) is 11.4 Å². The molecule has 2 aromatic carbocycles. The van der Waals surface area contributed by atoms with Crippen molar-refractivity contribution in [3.05, 3.63) is 76.8 Å². The number of hydrogen-bond acceptors (Lipinski definition) is 6. The summed E-state index contributed by atoms with van der Waals surface area (Å²) in [7, 11) is 4.01. The smallest absolute Gasteiger partial charge is 0.263 e. The van der Waals surface area contributed by atoms with Gasteiger partial charge in [0.1, 0.15) is 5.56 Å². The van der Waals surface area contributed by atoms with E-state index < -0.39 is 11.5 Å². The molecule has 3 heterocycles. The lowest BCUT2D eigenvalue weighted by molar-refractivity contribution is 0.102. The van der Waals surface area contributed by atoms with Crippen LogP contribution in [0.15, 0.2) is 65.7 Å². The molecule has 34 heavy (non-hydrogen) atoms. The molecule has 0 unspecified atom stereocenters. The van der Waals surface area contributed by atoms with Crippen LogP contribution in [-0.4, -0.2) is 58.8 Å². The number of anilines is 4. The SMILES string of the molecule is CN1CCN(c2ccc(NC(=O)c3c(Nc4ccc5c(cnn5C)c4)cc[nH]c3=O)cc2)CC1. The van der Waals surface area contributed by atoms with Gasteiger partial charge in [0, 0.05) is 61.9 Å². The summed E-state index contributed by atoms with van der Waals surface area (Å²) in [5.41, 5.74) is 3.51. The molecule has 1 amide bonds. The molecule has 0 spiro atoms. The summed E-state index contributed by atoms with van der Waals surface area (Å²) in [5, 5.41) is 11.3. The van der Waals surface area contributed by atoms with Gasteiger partial charge < -0.3 is 25.4 Å². The average Bonchev–Trinajstić information content (AvgIpc) is 3.20. The zero-order chi connectivity index (χ0) is 23.7. The molecule has 1 aliphatic rings. The monoisotopic (exact) mass is 457 g/mol. The maximum absolute atomic E-state index is 13.1. The molecule has 9 nitrogen and oxygen atoms in total. The van der Waals surface area contributed by atoms with E-state index in [4.69, 9.17) is 0 Å². The number of H-pyrrole nitrogens is 1. The molecule has 0 bridgehead atoms. The first kappa shape index (κ1) is 21.7. The number of hydrogen-bond donors (Lipinski definition) is 3. The molecular weight excluding hydrogens is 430 g/mol. The predicted octanol–water partition coefficient (Wildman–Crippen LogP) is 3.01. The van der Waals surface area contributed by atoms with Gasteiger partial charge in [-0.1, -0.05) is 0 Å². The highest BCUT2D eigenvalue weighted by molar-refractivity contribution is 6.08. The number of nitrogens with zero attached hydrogens (tertiary/aromatic N) is 4. The molecule has 0 atom stereocenters. The second kappa shape index (κ2) is 9.03. The van der Waals surface area contributed by atoms with Crippen LogP contribution < -0.4 is 21.1 Å². The molecule has 0 radical (unpaired) electrons. The number of likely N-dealkylation sites (N-methyl/N-ethyl adjacent to an activating group) is 1. The quantitative estimate of drug-likeness (QED) is 0.426. The number of nitrogens with one attached hydrogen (secondary N) is 3. The lowest BCUT2D eigenvalue weighted by atomic mass is 10.1. The van der Waals surface area contributed by atoms with Gasteiger partial charge >= 0.3 is 0 Å². The van der Waals surface area contributed by atoms with E-state index in [-0.39, 0.29) is 5.56 Å². The molecule has 9 heteroatoms. The maximum Gasteiger partial charge on any atom is 0.263 e. The highest BCUT2D eigenvalue weighted by atomic mass is 16.2. The zero-order valence-electron chi connectivity index (χ0n) is 19.2. The number of piperazine rings is 1. The Morgan fingerprint density at radius 1 is 0.971 bits per heavy atom. The van der Waals surface area contributed by atoms with Gasteiger partial charge in [0.2, 0.25) is 0 Å². The number of carbonyl (C=O) groups is 1. The van der Waals surface area contributed by atoms with E-state index >= 15 is 0 Å². The number of rotatable bonds is 5. The first-order valence-electron chi connectivity index (χ1n) is 11.2. The van der Waals surface area contributed by atoms with Crippen LogP contribution in [0.3, 0.4) is 0 Å². The Morgan fingerprint density at radius 3 is 2.47 bits per heavy atom. The summed E-state index contributed by atoms with van der Waals surface area (Å²) in [6.45, 7) is 4.00. The number of carbonyl (C=O) groups excluding carboxylic acids is 1. The molecule has 1 fully saturated rings. The van der Waals surface area contributed by atoms with Gasteiger partial charge in [-0.25, -0.2) is 0 Å². The zero-order valence-corrected chi connectivity index (χ0v) is 19.2. The van der Waals surface area contributed by atoms with Crippen molar-refractivity contribution < 1.29 is 4.79 Å². The lowest BCUT2D eigenvalue weighted by Gasteiger charge is -2.34. The number of benzene rings is 2. The minimum atomic E-state index is -0.473. The summed E-state index contributed by atoms with van der Waals surface area (Å²) < 4.78 is 1.79. The first-order valence-corrected chi connectivity index (χ1v) is 11.2. The van der Waals surface area contributed by atoms with E-state index in [1.54, 1.807) is 16.9 Å². The molecule has 0 aliphatic carbocycles. The normalized spacial score (nSPS) is 14.4. The van der Waals surface area contributed by atoms with Gasteiger partial charge in [-0.2, -0.15) is 5.10 Å². The van der Waals surface area contributed by atoms with Crippen LogP contribution >= 0.6 is 0 Å². The van der Waals surface area contributed by atoms with Crippen LogP contribution in [0.25, 0.3) is 10.9 Å². The summed E-state index contributed by atoms with van der Waals surface area (Å²) in [4.78, 5) is 32.9. The van der Waals surface area contributed by atoms with Crippen molar-refractivity contribution in [1.82, 2.24) is 19.7 Å². The molecule has 0 saturated carbocycles. The van der Waals surface area contributed by atoms with E-state index in [1.807, 2.05) is 49.5 Å². The number of aryl methyl sites for hydroxylation is 1. The van der Waals surface area contributed by atoms with Crippen molar-refractivity contribution in [3.63, 3.8) is 0 Å². The second-order valence-electron chi connectivity index (χ2n) is 8.55. The first-order chi connectivity index (χ1) is 16.5. The Hall–Kier alpha value is -4.11. The molecule has 5 rings (SSSR count). The van der Waals surface area contributed by atoms with E-state index in [2.05, 4.69) is 37.6 Å². The third-order valence-electron chi connectivity index (χ3n) is 6.21. The third-order valence-corrected chi connectivity index (χ3v) is 6.21. The number of fused-ring (bicyclic) bond motifs is 1. The van der Waals surface area contributed by atoms with Crippen molar-refractivity contribution in [2.75, 3.05) is 48.8 Å². The molecule has 2 aromatic heterocycles. The Morgan fingerprint density at radius 2 is 1.71 bits per heavy atom. The predicted molar refractivity (Wildman–Crippen MR) is 135 cm³/mol. The van der Waals surface area contributed by atoms with Gasteiger partial charge in [0.25, 0.3) is 11.5 Å². The largest absolute Gasteiger partial charge is 0.369 e. The molecular formula is C25H27N7O2. The lowest BCUT2D eigenvalue weighted by Crippen LogP contribution is -2.44. The molecule has 1 saturated heterocycles. The van der Waals surface area contributed by atoms with Gasteiger partial charge in [-0.05, 0) is 55.6 Å². The van der Waals surface area contributed by atoms with Crippen LogP contribution in [-0.2, 0) is 7.05 Å². The van der Waals surface area contributed by atoms with Crippen molar-refractivity contribution in [1.29, 1.82) is 0 Å². The van der Waals surface area contributed by atoms with Gasteiger partial charge in [0.15, 0.2) is 0 Å². The van der Waals surface area contributed by atoms with Crippen molar-refractivity contribution >= 4 is 39.6 Å². The van der Waals surface area contributed by atoms with Gasteiger partial charge in [-0.15, -0.1) is 0 Å². The van der Waals surface area contributed by atoms with Gasteiger partial charge in [-0.3, -0.25) is 14.3 Å². The fourth-order valence-corrected chi connectivity index (χ4v) is 4.22. The molecule has 1 aliphatic heterocycles. The minimum Gasteiger partial charge on any atom is -0.369 e. The fraction of sp³-hybridized carbons (Fsp3) is 0.240. The van der Waals surface area contributed by atoms with Gasteiger partial charge in [0.05, 0.1) is 17.4 Å². The second-order valence-corrected chi connectivity index (χ2v) is 8.55. The van der Waals surface area contributed by atoms with Crippen LogP contribution in [0.1, 0.15) is 10.4 Å². The van der Waals surface area contributed by atoms with Crippen molar-refractivity contribution in [3.8, 4) is 0 Å². The fourth-order valence-electron chi connectivity index (χ4n) is 4.22. The van der Waals surface area contributed by atoms with Crippen molar-refractivity contribution in [2.45, 2.75) is 0 Å². The average molecular weight is 458 g/mol. The maximum atomic E-state index is 13.1. The van der Waals surface area contributed by atoms with E-state index in [9.17, 15) is 9.59 Å². The minimum absolute atomic E-state index is 0.0249. The van der Waals surface area contributed by atoms with Crippen LogP contribution in [0.5, 0.6) is 0 Å². The Bertz CT molecular complexity index is 1380. The van der Waals surface area contributed by atoms with Crippen LogP contribution in [0, 0.1) is 0 Å². The van der Waals surface area contributed by atoms with Crippen molar-refractivity contribution in [2.24, 2.45) is 7.05 Å². The van der Waals surface area contributed by atoms with E-state index in [1.165, 1.54) is 6.20 Å². The number of pyridine rings is 1. The summed E-state index contributed by atoms with van der Waals surface area (Å²) >= 11 is 0. The Labute approximate surface area is 197 Å².